The fraction of sp³-hybridized carbons (Fsp3) is 0.188. The molecule has 1 aliphatic rings. The second-order valence-corrected chi connectivity index (χ2v) is 7.39. The van der Waals surface area contributed by atoms with Gasteiger partial charge in [0, 0.05) is 16.2 Å². The molecule has 1 aromatic carbocycles. The molecule has 7 heteroatoms. The molecular formula is C16H14BrN3O2S. The van der Waals surface area contributed by atoms with Crippen LogP contribution < -0.4 is 4.90 Å². The Labute approximate surface area is 145 Å². The van der Waals surface area contributed by atoms with Gasteiger partial charge in [0.05, 0.1) is 23.3 Å². The Kier molecular flexibility index (Phi) is 4.79. The van der Waals surface area contributed by atoms with Crippen LogP contribution in [0.5, 0.6) is 0 Å². The first-order valence-electron chi connectivity index (χ1n) is 6.92. The fourth-order valence-corrected chi connectivity index (χ4v) is 3.44. The van der Waals surface area contributed by atoms with Crippen molar-refractivity contribution in [1.82, 2.24) is 4.98 Å². The van der Waals surface area contributed by atoms with E-state index in [1.54, 1.807) is 12.5 Å². The summed E-state index contributed by atoms with van der Waals surface area (Å²) in [7, 11) is 0. The number of amides is 1. The number of pyridine rings is 1. The molecule has 0 bridgehead atoms. The van der Waals surface area contributed by atoms with Gasteiger partial charge in [-0.05, 0) is 41.5 Å². The van der Waals surface area contributed by atoms with Crippen molar-refractivity contribution in [3.63, 3.8) is 0 Å². The number of anilines is 1. The van der Waals surface area contributed by atoms with E-state index in [0.717, 1.165) is 10.0 Å². The highest BCUT2D eigenvalue weighted by molar-refractivity contribution is 9.10. The summed E-state index contributed by atoms with van der Waals surface area (Å²) < 4.78 is 12.5. The predicted molar refractivity (Wildman–Crippen MR) is 95.3 cm³/mol. The van der Waals surface area contributed by atoms with E-state index >= 15 is 0 Å². The average Bonchev–Trinajstić information content (AvgIpc) is 2.66. The van der Waals surface area contributed by atoms with Gasteiger partial charge in [0.2, 0.25) is 0 Å². The van der Waals surface area contributed by atoms with Crippen molar-refractivity contribution < 1.29 is 9.35 Å². The quantitative estimate of drug-likeness (QED) is 0.754. The number of benzodiazepines with no additional fused rings is 1. The maximum atomic E-state index is 12.4. The van der Waals surface area contributed by atoms with E-state index in [1.165, 1.54) is 4.90 Å². The summed E-state index contributed by atoms with van der Waals surface area (Å²) >= 11 is 2.33. The van der Waals surface area contributed by atoms with Crippen LogP contribution in [-0.2, 0) is 16.0 Å². The van der Waals surface area contributed by atoms with Crippen molar-refractivity contribution in [2.75, 3.05) is 23.6 Å². The number of carbonyl (C=O) groups excluding carboxylic acids is 1. The van der Waals surface area contributed by atoms with Crippen molar-refractivity contribution in [2.45, 2.75) is 0 Å². The highest BCUT2D eigenvalue weighted by Crippen LogP contribution is 2.29. The maximum absolute atomic E-state index is 12.4. The standard InChI is InChI=1S/C16H14BrN3O2S/c1-23(22)10-20-14-6-5-11(17)8-12(14)16(19-9-15(20)21)13-4-2-3-7-18-13/h2-8H,9-10H2,1H3. The van der Waals surface area contributed by atoms with Crippen LogP contribution in [0.2, 0.25) is 0 Å². The molecule has 1 aromatic heterocycles. The summed E-state index contributed by atoms with van der Waals surface area (Å²) in [5.74, 6) is -0.0203. The third-order valence-electron chi connectivity index (χ3n) is 3.40. The zero-order valence-corrected chi connectivity index (χ0v) is 14.8. The third kappa shape index (κ3) is 3.46. The van der Waals surface area contributed by atoms with Gasteiger partial charge in [-0.25, -0.2) is 0 Å². The molecule has 0 saturated heterocycles. The molecule has 0 radical (unpaired) electrons. The summed E-state index contributed by atoms with van der Waals surface area (Å²) in [6.45, 7) is 0.00933. The number of rotatable bonds is 3. The Bertz CT molecular complexity index is 765. The van der Waals surface area contributed by atoms with E-state index in [-0.39, 0.29) is 18.3 Å². The van der Waals surface area contributed by atoms with Gasteiger partial charge in [0.25, 0.3) is 5.91 Å². The molecule has 1 atom stereocenters. The van der Waals surface area contributed by atoms with E-state index in [1.807, 2.05) is 36.4 Å². The Morgan fingerprint density at radius 2 is 2.17 bits per heavy atom. The lowest BCUT2D eigenvalue weighted by molar-refractivity contribution is -0.117. The molecule has 1 aliphatic heterocycles. The Morgan fingerprint density at radius 3 is 2.87 bits per heavy atom. The van der Waals surface area contributed by atoms with Crippen LogP contribution >= 0.6 is 15.9 Å². The van der Waals surface area contributed by atoms with Crippen LogP contribution in [-0.4, -0.2) is 39.8 Å². The third-order valence-corrected chi connectivity index (χ3v) is 4.51. The molecule has 1 amide bonds. The predicted octanol–water partition coefficient (Wildman–Crippen LogP) is 2.36. The minimum Gasteiger partial charge on any atom is -0.615 e. The number of hydrogen-bond acceptors (Lipinski definition) is 4. The molecule has 3 rings (SSSR count). The highest BCUT2D eigenvalue weighted by Gasteiger charge is 2.27. The van der Waals surface area contributed by atoms with E-state index in [0.29, 0.717) is 17.1 Å². The maximum Gasteiger partial charge on any atom is 0.252 e. The normalized spacial score (nSPS) is 15.7. The number of nitrogens with zero attached hydrogens (tertiary/aromatic N) is 3. The van der Waals surface area contributed by atoms with Gasteiger partial charge >= 0.3 is 0 Å². The number of halogens is 1. The van der Waals surface area contributed by atoms with Crippen molar-refractivity contribution in [1.29, 1.82) is 0 Å². The summed E-state index contributed by atoms with van der Waals surface area (Å²) in [5.41, 5.74) is 2.88. The molecule has 118 valence electrons. The molecular weight excluding hydrogens is 378 g/mol. The zero-order chi connectivity index (χ0) is 16.4. The average molecular weight is 392 g/mol. The SMILES string of the molecule is C[S+]([O-])CN1C(=O)CN=C(c2ccccn2)c2cc(Br)ccc21. The fourth-order valence-electron chi connectivity index (χ4n) is 2.43. The summed E-state index contributed by atoms with van der Waals surface area (Å²) in [6, 6.07) is 11.2. The van der Waals surface area contributed by atoms with Crippen LogP contribution in [0.25, 0.3) is 0 Å². The Morgan fingerprint density at radius 1 is 1.35 bits per heavy atom. The number of aromatic nitrogens is 1. The highest BCUT2D eigenvalue weighted by atomic mass is 79.9. The van der Waals surface area contributed by atoms with E-state index in [2.05, 4.69) is 25.9 Å². The molecule has 0 N–H and O–H groups in total. The lowest BCUT2D eigenvalue weighted by Gasteiger charge is -2.22. The minimum atomic E-state index is -1.13. The smallest absolute Gasteiger partial charge is 0.252 e. The minimum absolute atomic E-state index is 0.00933. The number of fused-ring (bicyclic) bond motifs is 1. The molecule has 2 aromatic rings. The number of benzene rings is 1. The molecule has 0 spiro atoms. The molecule has 1 unspecified atom stereocenters. The molecule has 0 saturated carbocycles. The van der Waals surface area contributed by atoms with Gasteiger partial charge in [-0.2, -0.15) is 0 Å². The van der Waals surface area contributed by atoms with E-state index in [9.17, 15) is 9.35 Å². The molecule has 0 fully saturated rings. The van der Waals surface area contributed by atoms with Crippen LogP contribution in [0.4, 0.5) is 5.69 Å². The van der Waals surface area contributed by atoms with E-state index in [4.69, 9.17) is 0 Å². The van der Waals surface area contributed by atoms with Crippen molar-refractivity contribution in [3.05, 3.63) is 58.3 Å². The van der Waals surface area contributed by atoms with Gasteiger partial charge in [-0.3, -0.25) is 19.7 Å². The van der Waals surface area contributed by atoms with Crippen LogP contribution in [0.1, 0.15) is 11.3 Å². The van der Waals surface area contributed by atoms with Crippen LogP contribution in [0.3, 0.4) is 0 Å². The molecule has 2 heterocycles. The molecule has 0 aliphatic carbocycles. The summed E-state index contributed by atoms with van der Waals surface area (Å²) in [6.07, 6.45) is 3.28. The Balaban J connectivity index is 2.16. The second-order valence-electron chi connectivity index (χ2n) is 5.07. The van der Waals surface area contributed by atoms with Gasteiger partial charge in [0.15, 0.2) is 5.88 Å². The first-order valence-corrected chi connectivity index (χ1v) is 9.44. The van der Waals surface area contributed by atoms with Crippen molar-refractivity contribution >= 4 is 44.4 Å². The summed E-state index contributed by atoms with van der Waals surface area (Å²) in [4.78, 5) is 22.8. The van der Waals surface area contributed by atoms with Crippen molar-refractivity contribution in [3.8, 4) is 0 Å². The topological polar surface area (TPSA) is 68.6 Å². The van der Waals surface area contributed by atoms with Gasteiger partial charge in [-0.1, -0.05) is 22.0 Å². The molecule has 5 nitrogen and oxygen atoms in total. The largest absolute Gasteiger partial charge is 0.615 e. The number of carbonyl (C=O) groups is 1. The van der Waals surface area contributed by atoms with Crippen molar-refractivity contribution in [2.24, 2.45) is 4.99 Å². The Hall–Kier alpha value is -1.70. The number of hydrogen-bond donors (Lipinski definition) is 0. The van der Waals surface area contributed by atoms with Crippen LogP contribution in [0.15, 0.2) is 52.1 Å². The van der Waals surface area contributed by atoms with Gasteiger partial charge in [-0.15, -0.1) is 0 Å². The first-order chi connectivity index (χ1) is 11.1. The molecule has 23 heavy (non-hydrogen) atoms. The zero-order valence-electron chi connectivity index (χ0n) is 12.4. The monoisotopic (exact) mass is 391 g/mol. The first kappa shape index (κ1) is 16.2. The van der Waals surface area contributed by atoms with Gasteiger partial charge in [0.1, 0.15) is 6.54 Å². The summed E-state index contributed by atoms with van der Waals surface area (Å²) in [5, 5.41) is 0. The number of aliphatic imine (C=N–C) groups is 1. The van der Waals surface area contributed by atoms with E-state index < -0.39 is 11.2 Å². The van der Waals surface area contributed by atoms with Gasteiger partial charge < -0.3 is 4.55 Å². The van der Waals surface area contributed by atoms with Crippen LogP contribution in [0, 0.1) is 0 Å². The lowest BCUT2D eigenvalue weighted by Crippen LogP contribution is -2.36. The lowest BCUT2D eigenvalue weighted by atomic mass is 10.0. The second kappa shape index (κ2) is 6.82.